The van der Waals surface area contributed by atoms with E-state index in [1.807, 2.05) is 6.92 Å². The van der Waals surface area contributed by atoms with Crippen molar-refractivity contribution in [2.75, 3.05) is 0 Å². The number of halogens is 1. The van der Waals surface area contributed by atoms with Crippen LogP contribution in [0.2, 0.25) is 0 Å². The summed E-state index contributed by atoms with van der Waals surface area (Å²) in [4.78, 5) is 10.7. The van der Waals surface area contributed by atoms with Crippen LogP contribution in [-0.4, -0.2) is 5.24 Å². The van der Waals surface area contributed by atoms with Crippen molar-refractivity contribution < 1.29 is 4.79 Å². The molecule has 0 amide bonds. The first-order chi connectivity index (χ1) is 3.90. The number of hydrogen-bond acceptors (Lipinski definition) is 1. The van der Waals surface area contributed by atoms with Crippen LogP contribution < -0.4 is 0 Å². The van der Waals surface area contributed by atoms with E-state index in [-0.39, 0.29) is 16.1 Å². The molecule has 1 nitrogen and oxygen atoms in total. The first-order valence-electron chi connectivity index (χ1n) is 3.10. The van der Waals surface area contributed by atoms with Gasteiger partial charge in [0.2, 0.25) is 5.24 Å². The van der Waals surface area contributed by atoms with Crippen LogP contribution in [0.15, 0.2) is 0 Å². The predicted molar refractivity (Wildman–Crippen MR) is 37.4 cm³/mol. The summed E-state index contributed by atoms with van der Waals surface area (Å²) in [5, 5.41) is -0.187. The fraction of sp³-hybridized carbons (Fsp3) is 0.857. The Morgan fingerprint density at radius 1 is 1.44 bits per heavy atom. The van der Waals surface area contributed by atoms with Crippen LogP contribution in [0.1, 0.15) is 27.2 Å². The van der Waals surface area contributed by atoms with Gasteiger partial charge in [-0.1, -0.05) is 20.8 Å². The third-order valence-electron chi connectivity index (χ3n) is 2.60. The van der Waals surface area contributed by atoms with Crippen molar-refractivity contribution in [3.05, 3.63) is 0 Å². The fourth-order valence-electron chi connectivity index (χ4n) is 1.18. The number of hydrogen-bond donors (Lipinski definition) is 0. The molecular formula is C7H11ClO. The summed E-state index contributed by atoms with van der Waals surface area (Å²) in [5.41, 5.74) is -0.0829. The molecule has 0 spiro atoms. The van der Waals surface area contributed by atoms with Gasteiger partial charge in [-0.3, -0.25) is 4.79 Å². The van der Waals surface area contributed by atoms with Gasteiger partial charge in [-0.05, 0) is 23.4 Å². The summed E-state index contributed by atoms with van der Waals surface area (Å²) < 4.78 is 0. The molecule has 2 heteroatoms. The van der Waals surface area contributed by atoms with Crippen LogP contribution in [0.3, 0.4) is 0 Å². The zero-order chi connectivity index (χ0) is 7.28. The Balaban J connectivity index is 2.74. The summed E-state index contributed by atoms with van der Waals surface area (Å²) in [7, 11) is 0. The molecule has 1 unspecified atom stereocenters. The second-order valence-electron chi connectivity index (χ2n) is 3.67. The molecule has 1 fully saturated rings. The molecule has 1 atom stereocenters. The molecule has 1 aliphatic carbocycles. The smallest absolute Gasteiger partial charge is 0.228 e. The van der Waals surface area contributed by atoms with Gasteiger partial charge in [0, 0.05) is 5.41 Å². The van der Waals surface area contributed by atoms with Gasteiger partial charge >= 0.3 is 0 Å². The summed E-state index contributed by atoms with van der Waals surface area (Å²) in [6, 6.07) is 0. The van der Waals surface area contributed by atoms with Gasteiger partial charge in [-0.2, -0.15) is 0 Å². The largest absolute Gasteiger partial charge is 0.281 e. The molecule has 1 aliphatic rings. The summed E-state index contributed by atoms with van der Waals surface area (Å²) in [6.45, 7) is 6.04. The molecule has 0 aromatic heterocycles. The molecule has 52 valence electrons. The summed E-state index contributed by atoms with van der Waals surface area (Å²) in [5.74, 6) is 0. The first kappa shape index (κ1) is 7.07. The van der Waals surface area contributed by atoms with E-state index in [1.165, 1.54) is 0 Å². The van der Waals surface area contributed by atoms with Crippen molar-refractivity contribution in [1.29, 1.82) is 0 Å². The van der Waals surface area contributed by atoms with Gasteiger partial charge < -0.3 is 0 Å². The second kappa shape index (κ2) is 1.51. The van der Waals surface area contributed by atoms with Crippen LogP contribution in [0.4, 0.5) is 0 Å². The van der Waals surface area contributed by atoms with E-state index >= 15 is 0 Å². The highest BCUT2D eigenvalue weighted by atomic mass is 35.5. The summed E-state index contributed by atoms with van der Waals surface area (Å²) in [6.07, 6.45) is 0.933. The van der Waals surface area contributed by atoms with Crippen LogP contribution in [0.5, 0.6) is 0 Å². The highest BCUT2D eigenvalue weighted by Crippen LogP contribution is 2.64. The van der Waals surface area contributed by atoms with Crippen LogP contribution in [0.25, 0.3) is 0 Å². The van der Waals surface area contributed by atoms with Gasteiger partial charge in [0.05, 0.1) is 0 Å². The molecule has 0 aromatic carbocycles. The predicted octanol–water partition coefficient (Wildman–Crippen LogP) is 2.19. The Kier molecular flexibility index (Phi) is 1.19. The van der Waals surface area contributed by atoms with E-state index < -0.39 is 0 Å². The number of carbonyl (C=O) groups excluding carboxylic acids is 1. The topological polar surface area (TPSA) is 17.1 Å². The lowest BCUT2D eigenvalue weighted by molar-refractivity contribution is -0.116. The monoisotopic (exact) mass is 146 g/mol. The molecular weight excluding hydrogens is 136 g/mol. The molecule has 1 rings (SSSR count). The van der Waals surface area contributed by atoms with E-state index in [0.717, 1.165) is 6.42 Å². The fourth-order valence-corrected chi connectivity index (χ4v) is 1.50. The van der Waals surface area contributed by atoms with Gasteiger partial charge in [0.25, 0.3) is 0 Å². The minimum Gasteiger partial charge on any atom is -0.281 e. The molecule has 0 bridgehead atoms. The number of rotatable bonds is 1. The van der Waals surface area contributed by atoms with Crippen molar-refractivity contribution in [2.24, 2.45) is 10.8 Å². The lowest BCUT2D eigenvalue weighted by atomic mass is 10.0. The van der Waals surface area contributed by atoms with Gasteiger partial charge in [0.1, 0.15) is 0 Å². The van der Waals surface area contributed by atoms with E-state index in [2.05, 4.69) is 13.8 Å². The molecule has 0 saturated heterocycles. The Morgan fingerprint density at radius 2 is 1.78 bits per heavy atom. The average Bonchev–Trinajstić information content (AvgIpc) is 2.08. The van der Waals surface area contributed by atoms with Crippen LogP contribution in [-0.2, 0) is 4.79 Å². The third-order valence-corrected chi connectivity index (χ3v) is 3.02. The van der Waals surface area contributed by atoms with E-state index in [1.54, 1.807) is 0 Å². The molecule has 9 heavy (non-hydrogen) atoms. The van der Waals surface area contributed by atoms with Gasteiger partial charge in [-0.25, -0.2) is 0 Å². The molecule has 0 aromatic rings. The molecule has 0 N–H and O–H groups in total. The Morgan fingerprint density at radius 3 is 1.78 bits per heavy atom. The SMILES string of the molecule is CC1(C)CC1(C)C(=O)Cl. The van der Waals surface area contributed by atoms with Crippen molar-refractivity contribution in [3.8, 4) is 0 Å². The zero-order valence-corrected chi connectivity index (χ0v) is 6.75. The maximum Gasteiger partial charge on any atom is 0.228 e. The van der Waals surface area contributed by atoms with E-state index in [0.29, 0.717) is 0 Å². The zero-order valence-electron chi connectivity index (χ0n) is 5.99. The highest BCUT2D eigenvalue weighted by molar-refractivity contribution is 6.65. The third kappa shape index (κ3) is 0.787. The minimum atomic E-state index is -0.228. The van der Waals surface area contributed by atoms with Crippen molar-refractivity contribution >= 4 is 16.8 Å². The standard InChI is InChI=1S/C7H11ClO/c1-6(2)4-7(6,3)5(8)9/h4H2,1-3H3. The van der Waals surface area contributed by atoms with Crippen molar-refractivity contribution in [2.45, 2.75) is 27.2 Å². The van der Waals surface area contributed by atoms with Crippen LogP contribution in [0, 0.1) is 10.8 Å². The summed E-state index contributed by atoms with van der Waals surface area (Å²) >= 11 is 5.36. The lowest BCUT2D eigenvalue weighted by Crippen LogP contribution is -2.11. The Bertz CT molecular complexity index is 162. The first-order valence-corrected chi connectivity index (χ1v) is 3.48. The van der Waals surface area contributed by atoms with E-state index in [4.69, 9.17) is 11.6 Å². The Hall–Kier alpha value is -0.0400. The minimum absolute atomic E-state index is 0.145. The molecule has 0 heterocycles. The molecule has 1 saturated carbocycles. The maximum atomic E-state index is 10.7. The van der Waals surface area contributed by atoms with Crippen molar-refractivity contribution in [1.82, 2.24) is 0 Å². The van der Waals surface area contributed by atoms with Gasteiger partial charge in [0.15, 0.2) is 0 Å². The lowest BCUT2D eigenvalue weighted by Gasteiger charge is -2.06. The second-order valence-corrected chi connectivity index (χ2v) is 4.01. The molecule has 0 radical (unpaired) electrons. The average molecular weight is 147 g/mol. The Labute approximate surface area is 60.4 Å². The quantitative estimate of drug-likeness (QED) is 0.519. The number of carbonyl (C=O) groups is 1. The van der Waals surface area contributed by atoms with Crippen molar-refractivity contribution in [3.63, 3.8) is 0 Å². The normalized spacial score (nSPS) is 38.2. The molecule has 0 aliphatic heterocycles. The van der Waals surface area contributed by atoms with E-state index in [9.17, 15) is 4.79 Å². The highest BCUT2D eigenvalue weighted by Gasteiger charge is 2.61. The maximum absolute atomic E-state index is 10.7. The van der Waals surface area contributed by atoms with Crippen LogP contribution >= 0.6 is 11.6 Å². The van der Waals surface area contributed by atoms with Gasteiger partial charge in [-0.15, -0.1) is 0 Å².